The summed E-state index contributed by atoms with van der Waals surface area (Å²) in [4.78, 5) is 38.1. The first-order valence-corrected chi connectivity index (χ1v) is 12.8. The molecule has 1 spiro atoms. The molecule has 192 valence electrons. The smallest absolute Gasteiger partial charge is 0.338 e. The minimum atomic E-state index is -0.914. The van der Waals surface area contributed by atoms with Gasteiger partial charge in [-0.2, -0.15) is 0 Å². The fourth-order valence-electron chi connectivity index (χ4n) is 6.85. The first-order valence-electron chi connectivity index (χ1n) is 12.8. The van der Waals surface area contributed by atoms with Gasteiger partial charge in [-0.15, -0.1) is 0 Å². The van der Waals surface area contributed by atoms with E-state index in [4.69, 9.17) is 18.9 Å². The maximum Gasteiger partial charge on any atom is 0.338 e. The first kappa shape index (κ1) is 25.7. The normalized spacial score (nSPS) is 37.1. The van der Waals surface area contributed by atoms with Crippen LogP contribution in [0.5, 0.6) is 0 Å². The number of benzene rings is 1. The van der Waals surface area contributed by atoms with Crippen LogP contribution in [0.3, 0.4) is 0 Å². The van der Waals surface area contributed by atoms with E-state index >= 15 is 0 Å². The second kappa shape index (κ2) is 9.23. The summed E-state index contributed by atoms with van der Waals surface area (Å²) in [6.45, 7) is 11.5. The van der Waals surface area contributed by atoms with Gasteiger partial charge in [0.15, 0.2) is 6.10 Å². The summed E-state index contributed by atoms with van der Waals surface area (Å²) < 4.78 is 25.0. The molecule has 7 atom stereocenters. The zero-order chi connectivity index (χ0) is 25.6. The Kier molecular flexibility index (Phi) is 6.77. The maximum absolute atomic E-state index is 13.2. The molecule has 0 N–H and O–H groups in total. The molecule has 3 fully saturated rings. The molecule has 1 aromatic rings. The Morgan fingerprint density at radius 1 is 1.03 bits per heavy atom. The predicted molar refractivity (Wildman–Crippen MR) is 128 cm³/mol. The van der Waals surface area contributed by atoms with Gasteiger partial charge in [0.25, 0.3) is 0 Å². The van der Waals surface area contributed by atoms with Crippen LogP contribution in [0, 0.1) is 17.3 Å². The Balaban J connectivity index is 1.78. The highest BCUT2D eigenvalue weighted by molar-refractivity contribution is 5.89. The molecule has 4 rings (SSSR count). The molecule has 1 saturated heterocycles. The number of esters is 3. The Morgan fingerprint density at radius 3 is 2.34 bits per heavy atom. The van der Waals surface area contributed by atoms with Gasteiger partial charge >= 0.3 is 17.9 Å². The lowest BCUT2D eigenvalue weighted by Gasteiger charge is -2.61. The zero-order valence-electron chi connectivity index (χ0n) is 21.7. The van der Waals surface area contributed by atoms with Crippen LogP contribution >= 0.6 is 0 Å². The molecule has 0 unspecified atom stereocenters. The van der Waals surface area contributed by atoms with Crippen molar-refractivity contribution in [2.75, 3.05) is 0 Å². The molecule has 1 aliphatic heterocycles. The fourth-order valence-corrected chi connectivity index (χ4v) is 6.85. The van der Waals surface area contributed by atoms with E-state index in [9.17, 15) is 14.4 Å². The fraction of sp³-hybridized carbons (Fsp3) is 0.679. The minimum absolute atomic E-state index is 0.0127. The number of carbonyl (C=O) groups excluding carboxylic acids is 3. The van der Waals surface area contributed by atoms with Crippen LogP contribution in [0.4, 0.5) is 0 Å². The van der Waals surface area contributed by atoms with Crippen molar-refractivity contribution < 1.29 is 33.3 Å². The Bertz CT molecular complexity index is 973. The average molecular weight is 487 g/mol. The second-order valence-corrected chi connectivity index (χ2v) is 11.2. The lowest BCUT2D eigenvalue weighted by atomic mass is 9.49. The van der Waals surface area contributed by atoms with Crippen molar-refractivity contribution in [3.8, 4) is 0 Å². The van der Waals surface area contributed by atoms with E-state index in [1.165, 1.54) is 6.92 Å². The summed E-state index contributed by atoms with van der Waals surface area (Å²) in [5.74, 6) is -1.05. The standard InChI is InChI=1S/C28H38O7/c1-7-11-23(30)33-21-14-17(2)28-16-20(26(4,5)35-28)15-22(27(28,6)24(21)32-18(3)29)34-25(31)19-12-9-8-10-13-19/h8-10,12-13,17,20-22,24H,7,11,14-16H2,1-6H3/t17-,20-,21+,22+,24+,27-,28+/m1/s1. The van der Waals surface area contributed by atoms with Crippen molar-refractivity contribution in [3.63, 3.8) is 0 Å². The van der Waals surface area contributed by atoms with Crippen molar-refractivity contribution in [1.29, 1.82) is 0 Å². The SMILES string of the molecule is CCCC(=O)O[C@H]1C[C@@H](C)[C@@]23C[C@@H](C[C@H](OC(=O)c4ccccc4)[C@]2(C)[C@H]1OC(C)=O)C(C)(C)O3. The molecular formula is C28H38O7. The van der Waals surface area contributed by atoms with Gasteiger partial charge in [-0.3, -0.25) is 9.59 Å². The lowest BCUT2D eigenvalue weighted by Crippen LogP contribution is -2.71. The minimum Gasteiger partial charge on any atom is -0.458 e. The van der Waals surface area contributed by atoms with Crippen LogP contribution in [0.2, 0.25) is 0 Å². The van der Waals surface area contributed by atoms with Crippen molar-refractivity contribution in [2.45, 2.75) is 103 Å². The molecule has 35 heavy (non-hydrogen) atoms. The highest BCUT2D eigenvalue weighted by Gasteiger charge is 2.75. The summed E-state index contributed by atoms with van der Waals surface area (Å²) in [5, 5.41) is 0. The molecule has 7 heteroatoms. The molecule has 7 nitrogen and oxygen atoms in total. The van der Waals surface area contributed by atoms with Crippen molar-refractivity contribution >= 4 is 17.9 Å². The molecule has 1 aromatic carbocycles. The molecule has 1 heterocycles. The monoisotopic (exact) mass is 486 g/mol. The highest BCUT2D eigenvalue weighted by atomic mass is 16.6. The van der Waals surface area contributed by atoms with Crippen molar-refractivity contribution in [2.24, 2.45) is 17.3 Å². The molecule has 0 amide bonds. The third-order valence-corrected chi connectivity index (χ3v) is 8.66. The van der Waals surface area contributed by atoms with E-state index < -0.39 is 46.9 Å². The molecule has 0 radical (unpaired) electrons. The average Bonchev–Trinajstić information content (AvgIpc) is 3.03. The Labute approximate surface area is 207 Å². The third-order valence-electron chi connectivity index (χ3n) is 8.66. The van der Waals surface area contributed by atoms with Gasteiger partial charge in [-0.05, 0) is 70.4 Å². The van der Waals surface area contributed by atoms with Gasteiger partial charge in [0.1, 0.15) is 12.2 Å². The van der Waals surface area contributed by atoms with E-state index in [1.54, 1.807) is 24.3 Å². The van der Waals surface area contributed by atoms with Crippen molar-refractivity contribution in [3.05, 3.63) is 35.9 Å². The predicted octanol–water partition coefficient (Wildman–Crippen LogP) is 4.86. The van der Waals surface area contributed by atoms with Crippen LogP contribution in [-0.4, -0.2) is 47.4 Å². The molecular weight excluding hydrogens is 448 g/mol. The summed E-state index contributed by atoms with van der Waals surface area (Å²) in [6.07, 6.45) is 0.759. The number of ether oxygens (including phenoxy) is 4. The van der Waals surface area contributed by atoms with E-state index in [0.29, 0.717) is 24.8 Å². The van der Waals surface area contributed by atoms with Gasteiger partial charge in [-0.1, -0.05) is 32.0 Å². The van der Waals surface area contributed by atoms with Crippen LogP contribution in [0.25, 0.3) is 0 Å². The Morgan fingerprint density at radius 2 is 1.71 bits per heavy atom. The van der Waals surface area contributed by atoms with Crippen LogP contribution in [0.1, 0.15) is 84.0 Å². The number of hydrogen-bond donors (Lipinski definition) is 0. The van der Waals surface area contributed by atoms with Gasteiger partial charge in [0.05, 0.1) is 22.2 Å². The van der Waals surface area contributed by atoms with Crippen LogP contribution < -0.4 is 0 Å². The summed E-state index contributed by atoms with van der Waals surface area (Å²) in [6, 6.07) is 8.88. The van der Waals surface area contributed by atoms with E-state index in [1.807, 2.05) is 19.9 Å². The number of carbonyl (C=O) groups is 3. The van der Waals surface area contributed by atoms with Gasteiger partial charge < -0.3 is 18.9 Å². The van der Waals surface area contributed by atoms with Gasteiger partial charge in [0.2, 0.25) is 0 Å². The van der Waals surface area contributed by atoms with Gasteiger partial charge in [-0.25, -0.2) is 4.79 Å². The second-order valence-electron chi connectivity index (χ2n) is 11.2. The van der Waals surface area contributed by atoms with E-state index in [-0.39, 0.29) is 24.2 Å². The largest absolute Gasteiger partial charge is 0.458 e. The number of hydrogen-bond acceptors (Lipinski definition) is 7. The summed E-state index contributed by atoms with van der Waals surface area (Å²) >= 11 is 0. The maximum atomic E-state index is 13.2. The molecule has 2 aliphatic carbocycles. The highest BCUT2D eigenvalue weighted by Crippen LogP contribution is 2.67. The van der Waals surface area contributed by atoms with E-state index in [2.05, 4.69) is 20.8 Å². The van der Waals surface area contributed by atoms with Crippen LogP contribution in [0.15, 0.2) is 30.3 Å². The molecule has 2 saturated carbocycles. The first-order chi connectivity index (χ1) is 16.4. The summed E-state index contributed by atoms with van der Waals surface area (Å²) in [7, 11) is 0. The Hall–Kier alpha value is -2.41. The topological polar surface area (TPSA) is 88.1 Å². The molecule has 0 aromatic heterocycles. The third kappa shape index (κ3) is 4.26. The lowest BCUT2D eigenvalue weighted by molar-refractivity contribution is -0.282. The number of fused-ring (bicyclic) bond motifs is 1. The van der Waals surface area contributed by atoms with E-state index in [0.717, 1.165) is 6.42 Å². The quantitative estimate of drug-likeness (QED) is 0.419. The molecule has 2 bridgehead atoms. The van der Waals surface area contributed by atoms with Crippen molar-refractivity contribution in [1.82, 2.24) is 0 Å². The molecule has 3 aliphatic rings. The summed E-state index contributed by atoms with van der Waals surface area (Å²) in [5.41, 5.74) is -1.59. The van der Waals surface area contributed by atoms with Gasteiger partial charge in [0, 0.05) is 13.3 Å². The number of rotatable bonds is 6. The zero-order valence-corrected chi connectivity index (χ0v) is 21.7. The van der Waals surface area contributed by atoms with Crippen LogP contribution in [-0.2, 0) is 28.5 Å².